The van der Waals surface area contributed by atoms with E-state index in [4.69, 9.17) is 9.47 Å². The summed E-state index contributed by atoms with van der Waals surface area (Å²) in [4.78, 5) is 4.31. The fourth-order valence-electron chi connectivity index (χ4n) is 2.70. The zero-order valence-corrected chi connectivity index (χ0v) is 15.0. The lowest BCUT2D eigenvalue weighted by Crippen LogP contribution is -2.13. The number of methoxy groups -OCH3 is 1. The largest absolute Gasteiger partial charge is 0.493 e. The summed E-state index contributed by atoms with van der Waals surface area (Å²) in [5.74, 6) is 1.53. The van der Waals surface area contributed by atoms with Crippen molar-refractivity contribution in [3.63, 3.8) is 0 Å². The quantitative estimate of drug-likeness (QED) is 0.635. The van der Waals surface area contributed by atoms with E-state index >= 15 is 0 Å². The van der Waals surface area contributed by atoms with Crippen molar-refractivity contribution in [3.05, 3.63) is 89.7 Å². The number of nitrogens with zero attached hydrogens (tertiary/aromatic N) is 1. The average molecular weight is 348 g/mol. The van der Waals surface area contributed by atoms with Crippen LogP contribution < -0.4 is 14.8 Å². The Morgan fingerprint density at radius 1 is 0.846 bits per heavy atom. The summed E-state index contributed by atoms with van der Waals surface area (Å²) in [7, 11) is 1.67. The molecule has 134 valence electrons. The molecule has 0 amide bonds. The van der Waals surface area contributed by atoms with E-state index in [0.717, 1.165) is 42.3 Å². The first-order valence-electron chi connectivity index (χ1n) is 8.79. The Labute approximate surface area is 154 Å². The highest BCUT2D eigenvalue weighted by atomic mass is 16.5. The Hall–Kier alpha value is -2.85. The lowest BCUT2D eigenvalue weighted by molar-refractivity contribution is 0.297. The molecule has 0 unspecified atom stereocenters. The van der Waals surface area contributed by atoms with Crippen molar-refractivity contribution >= 4 is 0 Å². The van der Waals surface area contributed by atoms with E-state index < -0.39 is 0 Å². The van der Waals surface area contributed by atoms with Crippen LogP contribution in [0.5, 0.6) is 11.5 Å². The van der Waals surface area contributed by atoms with Crippen molar-refractivity contribution in [2.45, 2.75) is 19.5 Å². The van der Waals surface area contributed by atoms with Gasteiger partial charge < -0.3 is 14.8 Å². The molecule has 0 fully saturated rings. The van der Waals surface area contributed by atoms with Gasteiger partial charge in [-0.05, 0) is 35.4 Å². The van der Waals surface area contributed by atoms with Crippen molar-refractivity contribution in [1.29, 1.82) is 0 Å². The standard InChI is InChI=1S/C22H24N2O2/c1-25-22-15-19(16-23-17-20-9-5-6-13-24-20)10-11-21(22)26-14-12-18-7-3-2-4-8-18/h2-11,13,15,23H,12,14,16-17H2,1H3. The Morgan fingerprint density at radius 2 is 1.69 bits per heavy atom. The third kappa shape index (κ3) is 5.33. The molecule has 2 aromatic carbocycles. The van der Waals surface area contributed by atoms with Crippen molar-refractivity contribution in [3.8, 4) is 11.5 Å². The second-order valence-electron chi connectivity index (χ2n) is 5.99. The molecule has 0 aliphatic carbocycles. The molecule has 0 atom stereocenters. The van der Waals surface area contributed by atoms with Crippen LogP contribution in [0.15, 0.2) is 72.9 Å². The third-order valence-corrected chi connectivity index (χ3v) is 4.08. The minimum Gasteiger partial charge on any atom is -0.493 e. The molecule has 0 aliphatic rings. The summed E-state index contributed by atoms with van der Waals surface area (Å²) < 4.78 is 11.4. The molecule has 3 rings (SSSR count). The first-order valence-corrected chi connectivity index (χ1v) is 8.79. The molecule has 1 aromatic heterocycles. The molecule has 4 nitrogen and oxygen atoms in total. The summed E-state index contributed by atoms with van der Waals surface area (Å²) in [6.07, 6.45) is 2.68. The van der Waals surface area contributed by atoms with Gasteiger partial charge in [0.25, 0.3) is 0 Å². The zero-order chi connectivity index (χ0) is 18.0. The van der Waals surface area contributed by atoms with E-state index in [0.29, 0.717) is 6.61 Å². The Bertz CT molecular complexity index is 792. The molecular formula is C22H24N2O2. The molecule has 0 spiro atoms. The van der Waals surface area contributed by atoms with E-state index in [9.17, 15) is 0 Å². The first-order chi connectivity index (χ1) is 12.8. The van der Waals surface area contributed by atoms with Crippen LogP contribution in [0.4, 0.5) is 0 Å². The zero-order valence-electron chi connectivity index (χ0n) is 15.0. The van der Waals surface area contributed by atoms with Gasteiger partial charge in [0.15, 0.2) is 11.5 Å². The van der Waals surface area contributed by atoms with Gasteiger partial charge in [0.2, 0.25) is 0 Å². The Morgan fingerprint density at radius 3 is 2.46 bits per heavy atom. The highest BCUT2D eigenvalue weighted by Crippen LogP contribution is 2.28. The van der Waals surface area contributed by atoms with Gasteiger partial charge in [-0.3, -0.25) is 4.98 Å². The molecule has 3 aromatic rings. The third-order valence-electron chi connectivity index (χ3n) is 4.08. The molecule has 0 bridgehead atoms. The number of aromatic nitrogens is 1. The molecule has 0 aliphatic heterocycles. The molecule has 0 saturated heterocycles. The lowest BCUT2D eigenvalue weighted by Gasteiger charge is -2.13. The second kappa shape index (κ2) is 9.59. The van der Waals surface area contributed by atoms with Crippen LogP contribution in [-0.4, -0.2) is 18.7 Å². The van der Waals surface area contributed by atoms with Gasteiger partial charge in [-0.1, -0.05) is 42.5 Å². The van der Waals surface area contributed by atoms with Gasteiger partial charge in [0.05, 0.1) is 19.4 Å². The number of hydrogen-bond donors (Lipinski definition) is 1. The Balaban J connectivity index is 1.51. The topological polar surface area (TPSA) is 43.4 Å². The van der Waals surface area contributed by atoms with Gasteiger partial charge in [0.1, 0.15) is 0 Å². The fourth-order valence-corrected chi connectivity index (χ4v) is 2.70. The normalized spacial score (nSPS) is 10.5. The van der Waals surface area contributed by atoms with Crippen molar-refractivity contribution in [1.82, 2.24) is 10.3 Å². The Kier molecular flexibility index (Phi) is 6.62. The molecule has 26 heavy (non-hydrogen) atoms. The van der Waals surface area contributed by atoms with Crippen LogP contribution in [0.25, 0.3) is 0 Å². The minimum atomic E-state index is 0.623. The van der Waals surface area contributed by atoms with E-state index in [-0.39, 0.29) is 0 Å². The van der Waals surface area contributed by atoms with Gasteiger partial charge in [-0.25, -0.2) is 0 Å². The van der Waals surface area contributed by atoms with Crippen LogP contribution in [0.3, 0.4) is 0 Å². The summed E-state index contributed by atoms with van der Waals surface area (Å²) >= 11 is 0. The maximum Gasteiger partial charge on any atom is 0.161 e. The molecule has 1 heterocycles. The summed E-state index contributed by atoms with van der Waals surface area (Å²) in [6, 6.07) is 22.3. The number of pyridine rings is 1. The number of nitrogens with one attached hydrogen (secondary N) is 1. The highest BCUT2D eigenvalue weighted by Gasteiger charge is 2.06. The first kappa shape index (κ1) is 18.0. The number of hydrogen-bond acceptors (Lipinski definition) is 4. The van der Waals surface area contributed by atoms with E-state index in [1.807, 2.05) is 54.7 Å². The predicted octanol–water partition coefficient (Wildman–Crippen LogP) is 4.00. The maximum atomic E-state index is 5.91. The van der Waals surface area contributed by atoms with Crippen LogP contribution in [0.1, 0.15) is 16.8 Å². The van der Waals surface area contributed by atoms with E-state index in [2.05, 4.69) is 28.5 Å². The van der Waals surface area contributed by atoms with E-state index in [1.54, 1.807) is 7.11 Å². The minimum absolute atomic E-state index is 0.623. The van der Waals surface area contributed by atoms with Crippen LogP contribution in [0, 0.1) is 0 Å². The predicted molar refractivity (Wildman–Crippen MR) is 103 cm³/mol. The second-order valence-corrected chi connectivity index (χ2v) is 5.99. The average Bonchev–Trinajstić information content (AvgIpc) is 2.70. The monoisotopic (exact) mass is 348 g/mol. The van der Waals surface area contributed by atoms with Gasteiger partial charge in [-0.2, -0.15) is 0 Å². The van der Waals surface area contributed by atoms with Crippen molar-refractivity contribution < 1.29 is 9.47 Å². The number of ether oxygens (including phenoxy) is 2. The SMILES string of the molecule is COc1cc(CNCc2ccccn2)ccc1OCCc1ccccc1. The molecular weight excluding hydrogens is 324 g/mol. The van der Waals surface area contributed by atoms with Crippen LogP contribution >= 0.6 is 0 Å². The molecule has 1 N–H and O–H groups in total. The van der Waals surface area contributed by atoms with Gasteiger partial charge in [0, 0.05) is 25.7 Å². The highest BCUT2D eigenvalue weighted by molar-refractivity contribution is 5.43. The summed E-state index contributed by atoms with van der Waals surface area (Å²) in [6.45, 7) is 2.10. The van der Waals surface area contributed by atoms with E-state index in [1.165, 1.54) is 5.56 Å². The van der Waals surface area contributed by atoms with Gasteiger partial charge >= 0.3 is 0 Å². The number of benzene rings is 2. The van der Waals surface area contributed by atoms with Gasteiger partial charge in [-0.15, -0.1) is 0 Å². The smallest absolute Gasteiger partial charge is 0.161 e. The molecule has 0 saturated carbocycles. The molecule has 4 heteroatoms. The fraction of sp³-hybridized carbons (Fsp3) is 0.227. The number of rotatable bonds is 9. The summed E-state index contributed by atoms with van der Waals surface area (Å²) in [5, 5.41) is 3.39. The van der Waals surface area contributed by atoms with Crippen LogP contribution in [0.2, 0.25) is 0 Å². The summed E-state index contributed by atoms with van der Waals surface area (Å²) in [5.41, 5.74) is 3.44. The maximum absolute atomic E-state index is 5.91. The van der Waals surface area contributed by atoms with Crippen molar-refractivity contribution in [2.75, 3.05) is 13.7 Å². The molecule has 0 radical (unpaired) electrons. The lowest BCUT2D eigenvalue weighted by atomic mass is 10.1. The van der Waals surface area contributed by atoms with Crippen LogP contribution in [-0.2, 0) is 19.5 Å². The van der Waals surface area contributed by atoms with Crippen molar-refractivity contribution in [2.24, 2.45) is 0 Å².